The Kier molecular flexibility index (Phi) is 7.67. The molecular weight excluding hydrogens is 388 g/mol. The maximum Gasteiger partial charge on any atom is 0.232 e. The zero-order chi connectivity index (χ0) is 21.6. The highest BCUT2D eigenvalue weighted by atomic mass is 32.2. The summed E-state index contributed by atoms with van der Waals surface area (Å²) in [4.78, 5) is 12.4. The third-order valence-electron chi connectivity index (χ3n) is 4.80. The predicted octanol–water partition coefficient (Wildman–Crippen LogP) is 3.74. The van der Waals surface area contributed by atoms with Crippen molar-refractivity contribution >= 4 is 21.6 Å². The van der Waals surface area contributed by atoms with Crippen LogP contribution < -0.4 is 14.4 Å². The van der Waals surface area contributed by atoms with Crippen LogP contribution in [0.4, 0.5) is 5.69 Å². The second-order valence-electron chi connectivity index (χ2n) is 7.26. The summed E-state index contributed by atoms with van der Waals surface area (Å²) in [5, 5.41) is 3.01. The maximum absolute atomic E-state index is 12.4. The average Bonchev–Trinajstić information content (AvgIpc) is 2.66. The van der Waals surface area contributed by atoms with Gasteiger partial charge >= 0.3 is 0 Å². The summed E-state index contributed by atoms with van der Waals surface area (Å²) >= 11 is 0. The molecule has 0 bridgehead atoms. The van der Waals surface area contributed by atoms with Crippen molar-refractivity contribution in [3.63, 3.8) is 0 Å². The van der Waals surface area contributed by atoms with Crippen LogP contribution in [0.25, 0.3) is 0 Å². The van der Waals surface area contributed by atoms with Gasteiger partial charge in [-0.25, -0.2) is 8.42 Å². The van der Waals surface area contributed by atoms with E-state index in [4.69, 9.17) is 4.74 Å². The summed E-state index contributed by atoms with van der Waals surface area (Å²) in [7, 11) is -2.00. The van der Waals surface area contributed by atoms with Gasteiger partial charge in [-0.2, -0.15) is 0 Å². The normalized spacial score (nSPS) is 12.3. The van der Waals surface area contributed by atoms with Crippen LogP contribution >= 0.6 is 0 Å². The molecule has 0 unspecified atom stereocenters. The number of para-hydroxylation sites is 2. The van der Waals surface area contributed by atoms with Crippen molar-refractivity contribution in [2.75, 3.05) is 24.2 Å². The van der Waals surface area contributed by atoms with E-state index in [0.29, 0.717) is 17.9 Å². The number of carbonyl (C=O) groups is 1. The average molecular weight is 419 g/mol. The molecule has 29 heavy (non-hydrogen) atoms. The lowest BCUT2D eigenvalue weighted by Gasteiger charge is -2.24. The van der Waals surface area contributed by atoms with Crippen molar-refractivity contribution in [2.24, 2.45) is 0 Å². The number of ether oxygens (including phenoxy) is 1. The van der Waals surface area contributed by atoms with E-state index >= 15 is 0 Å². The Balaban J connectivity index is 2.00. The van der Waals surface area contributed by atoms with Crippen molar-refractivity contribution in [1.82, 2.24) is 5.32 Å². The van der Waals surface area contributed by atoms with Gasteiger partial charge in [-0.1, -0.05) is 35.9 Å². The van der Waals surface area contributed by atoms with Crippen molar-refractivity contribution in [1.29, 1.82) is 0 Å². The smallest absolute Gasteiger partial charge is 0.232 e. The van der Waals surface area contributed by atoms with Crippen LogP contribution in [-0.2, 0) is 14.8 Å². The molecule has 7 heteroatoms. The summed E-state index contributed by atoms with van der Waals surface area (Å²) in [6.07, 6.45) is 1.79. The van der Waals surface area contributed by atoms with Crippen LogP contribution in [0, 0.1) is 13.8 Å². The molecule has 2 rings (SSSR count). The van der Waals surface area contributed by atoms with Crippen LogP contribution in [0.2, 0.25) is 0 Å². The molecule has 0 aliphatic heterocycles. The number of sulfonamides is 1. The third-order valence-corrected chi connectivity index (χ3v) is 5.98. The Hall–Kier alpha value is -2.54. The van der Waals surface area contributed by atoms with Gasteiger partial charge in [-0.15, -0.1) is 0 Å². The molecule has 0 fully saturated rings. The number of anilines is 1. The minimum Gasteiger partial charge on any atom is -0.495 e. The fraction of sp³-hybridized carbons (Fsp3) is 0.409. The quantitative estimate of drug-likeness (QED) is 0.673. The largest absolute Gasteiger partial charge is 0.495 e. The molecule has 0 saturated heterocycles. The lowest BCUT2D eigenvalue weighted by Crippen LogP contribution is -2.33. The van der Waals surface area contributed by atoms with E-state index in [1.165, 1.54) is 11.4 Å². The molecule has 1 N–H and O–H groups in total. The Bertz CT molecular complexity index is 957. The van der Waals surface area contributed by atoms with Gasteiger partial charge < -0.3 is 10.1 Å². The molecule has 0 heterocycles. The minimum absolute atomic E-state index is 0.105. The Morgan fingerprint density at radius 3 is 2.52 bits per heavy atom. The fourth-order valence-electron chi connectivity index (χ4n) is 3.30. The maximum atomic E-state index is 12.4. The first kappa shape index (κ1) is 22.7. The Morgan fingerprint density at radius 2 is 1.86 bits per heavy atom. The molecule has 0 spiro atoms. The molecule has 0 aromatic heterocycles. The second-order valence-corrected chi connectivity index (χ2v) is 9.17. The van der Waals surface area contributed by atoms with Gasteiger partial charge in [0.15, 0.2) is 0 Å². The molecule has 2 aromatic rings. The Labute approximate surface area is 173 Å². The Morgan fingerprint density at radius 1 is 1.17 bits per heavy atom. The fourth-order valence-corrected chi connectivity index (χ4v) is 4.27. The van der Waals surface area contributed by atoms with Crippen LogP contribution in [0.3, 0.4) is 0 Å². The topological polar surface area (TPSA) is 75.7 Å². The molecule has 0 aliphatic rings. The molecule has 0 saturated carbocycles. The first-order valence-corrected chi connectivity index (χ1v) is 11.5. The number of amides is 1. The summed E-state index contributed by atoms with van der Waals surface area (Å²) in [5.74, 6) is 0.373. The lowest BCUT2D eigenvalue weighted by atomic mass is 10.00. The SMILES string of the molecule is COc1ccccc1N(CCCC(=O)N[C@@H](C)c1cc(C)ccc1C)S(C)(=O)=O. The standard InChI is InChI=1S/C22H30N2O4S/c1-16-12-13-17(2)19(15-16)18(3)23-22(25)11-8-14-24(29(5,26)27)20-9-6-7-10-21(20)28-4/h6-7,9-10,12-13,15,18H,8,11,14H2,1-5H3,(H,23,25)/t18-/m0/s1. The highest BCUT2D eigenvalue weighted by Crippen LogP contribution is 2.29. The molecule has 0 aliphatic carbocycles. The molecule has 2 aromatic carbocycles. The number of carbonyl (C=O) groups excluding carboxylic acids is 1. The first-order chi connectivity index (χ1) is 13.6. The minimum atomic E-state index is -3.50. The summed E-state index contributed by atoms with van der Waals surface area (Å²) in [5.41, 5.74) is 3.84. The van der Waals surface area contributed by atoms with Gasteiger partial charge in [-0.3, -0.25) is 9.10 Å². The third kappa shape index (κ3) is 6.22. The van der Waals surface area contributed by atoms with Gasteiger partial charge in [0, 0.05) is 13.0 Å². The first-order valence-electron chi connectivity index (χ1n) is 9.60. The number of rotatable bonds is 9. The van der Waals surface area contributed by atoms with Crippen LogP contribution in [0.1, 0.15) is 42.5 Å². The van der Waals surface area contributed by atoms with E-state index in [1.807, 2.05) is 32.9 Å². The zero-order valence-electron chi connectivity index (χ0n) is 17.7. The molecule has 158 valence electrons. The molecule has 6 nitrogen and oxygen atoms in total. The van der Waals surface area contributed by atoms with Gasteiger partial charge in [0.05, 0.1) is 25.1 Å². The van der Waals surface area contributed by atoms with E-state index in [1.54, 1.807) is 24.3 Å². The number of methoxy groups -OCH3 is 1. The van der Waals surface area contributed by atoms with Gasteiger partial charge in [0.25, 0.3) is 0 Å². The number of hydrogen-bond acceptors (Lipinski definition) is 4. The van der Waals surface area contributed by atoms with E-state index in [2.05, 4.69) is 11.4 Å². The van der Waals surface area contributed by atoms with Gasteiger partial charge in [-0.05, 0) is 50.5 Å². The monoisotopic (exact) mass is 418 g/mol. The summed E-state index contributed by atoms with van der Waals surface area (Å²) in [6, 6.07) is 13.0. The summed E-state index contributed by atoms with van der Waals surface area (Å²) in [6.45, 7) is 6.20. The number of nitrogens with one attached hydrogen (secondary N) is 1. The number of benzene rings is 2. The van der Waals surface area contributed by atoms with Crippen molar-refractivity contribution in [3.8, 4) is 5.75 Å². The molecule has 1 atom stereocenters. The van der Waals surface area contributed by atoms with Crippen LogP contribution in [-0.4, -0.2) is 34.2 Å². The number of hydrogen-bond donors (Lipinski definition) is 1. The van der Waals surface area contributed by atoms with Crippen molar-refractivity contribution < 1.29 is 17.9 Å². The molecular formula is C22H30N2O4S. The highest BCUT2D eigenvalue weighted by Gasteiger charge is 2.21. The highest BCUT2D eigenvalue weighted by molar-refractivity contribution is 7.92. The van der Waals surface area contributed by atoms with Gasteiger partial charge in [0.1, 0.15) is 5.75 Å². The summed E-state index contributed by atoms with van der Waals surface area (Å²) < 4.78 is 31.1. The van der Waals surface area contributed by atoms with E-state index in [-0.39, 0.29) is 24.9 Å². The molecule has 0 radical (unpaired) electrons. The van der Waals surface area contributed by atoms with Crippen LogP contribution in [0.15, 0.2) is 42.5 Å². The van der Waals surface area contributed by atoms with E-state index in [9.17, 15) is 13.2 Å². The van der Waals surface area contributed by atoms with Crippen LogP contribution in [0.5, 0.6) is 5.75 Å². The van der Waals surface area contributed by atoms with Crippen molar-refractivity contribution in [2.45, 2.75) is 39.7 Å². The van der Waals surface area contributed by atoms with Gasteiger partial charge in [0.2, 0.25) is 15.9 Å². The van der Waals surface area contributed by atoms with E-state index < -0.39 is 10.0 Å². The lowest BCUT2D eigenvalue weighted by molar-refractivity contribution is -0.121. The predicted molar refractivity (Wildman–Crippen MR) is 117 cm³/mol. The second kappa shape index (κ2) is 9.78. The zero-order valence-corrected chi connectivity index (χ0v) is 18.5. The molecule has 1 amide bonds. The number of aryl methyl sites for hydroxylation is 2. The van der Waals surface area contributed by atoms with E-state index in [0.717, 1.165) is 22.9 Å². The number of nitrogens with zero attached hydrogens (tertiary/aromatic N) is 1. The van der Waals surface area contributed by atoms with Crippen molar-refractivity contribution in [3.05, 3.63) is 59.2 Å².